The SMILES string of the molecule is C/C=C/c1ccc(OCCCCN2C[C@H](C)C[C@H](C)C2)c(OC)c1. The molecule has 0 amide bonds. The minimum Gasteiger partial charge on any atom is -0.493 e. The van der Waals surface area contributed by atoms with Gasteiger partial charge in [0, 0.05) is 13.1 Å². The zero-order valence-corrected chi connectivity index (χ0v) is 15.8. The normalized spacial score (nSPS) is 22.0. The number of likely N-dealkylation sites (tertiary alicyclic amines) is 1. The van der Waals surface area contributed by atoms with Gasteiger partial charge in [-0.25, -0.2) is 0 Å². The van der Waals surface area contributed by atoms with Gasteiger partial charge < -0.3 is 14.4 Å². The molecule has 0 N–H and O–H groups in total. The maximum absolute atomic E-state index is 5.93. The molecule has 0 aromatic heterocycles. The quantitative estimate of drug-likeness (QED) is 0.635. The monoisotopic (exact) mass is 331 g/mol. The summed E-state index contributed by atoms with van der Waals surface area (Å²) in [6, 6.07) is 6.09. The van der Waals surface area contributed by atoms with Crippen LogP contribution < -0.4 is 9.47 Å². The van der Waals surface area contributed by atoms with Crippen LogP contribution in [0.4, 0.5) is 0 Å². The fourth-order valence-corrected chi connectivity index (χ4v) is 3.69. The molecule has 1 aromatic carbocycles. The Bertz CT molecular complexity index is 517. The Labute approximate surface area is 147 Å². The van der Waals surface area contributed by atoms with Gasteiger partial charge in [-0.05, 0) is 62.3 Å². The van der Waals surface area contributed by atoms with Crippen LogP contribution in [0, 0.1) is 11.8 Å². The second-order valence-electron chi connectivity index (χ2n) is 7.17. The Morgan fingerprint density at radius 2 is 1.88 bits per heavy atom. The molecule has 24 heavy (non-hydrogen) atoms. The number of unbranched alkanes of at least 4 members (excludes halogenated alkanes) is 1. The molecule has 1 heterocycles. The van der Waals surface area contributed by atoms with Crippen LogP contribution in [0.25, 0.3) is 6.08 Å². The first-order valence-corrected chi connectivity index (χ1v) is 9.28. The lowest BCUT2D eigenvalue weighted by Gasteiger charge is -2.34. The number of piperidine rings is 1. The number of benzene rings is 1. The van der Waals surface area contributed by atoms with Crippen LogP contribution in [0.5, 0.6) is 11.5 Å². The van der Waals surface area contributed by atoms with E-state index < -0.39 is 0 Å². The van der Waals surface area contributed by atoms with E-state index in [9.17, 15) is 0 Å². The smallest absolute Gasteiger partial charge is 0.161 e. The highest BCUT2D eigenvalue weighted by Gasteiger charge is 2.20. The number of hydrogen-bond acceptors (Lipinski definition) is 3. The summed E-state index contributed by atoms with van der Waals surface area (Å²) >= 11 is 0. The van der Waals surface area contributed by atoms with Gasteiger partial charge in [-0.3, -0.25) is 0 Å². The molecular formula is C21H33NO2. The van der Waals surface area contributed by atoms with E-state index in [1.807, 2.05) is 25.1 Å². The molecule has 1 aliphatic rings. The molecular weight excluding hydrogens is 298 g/mol. The maximum atomic E-state index is 5.93. The van der Waals surface area contributed by atoms with Crippen LogP contribution in [0.2, 0.25) is 0 Å². The summed E-state index contributed by atoms with van der Waals surface area (Å²) in [5.41, 5.74) is 1.13. The van der Waals surface area contributed by atoms with Crippen molar-refractivity contribution in [1.29, 1.82) is 0 Å². The van der Waals surface area contributed by atoms with E-state index in [0.717, 1.165) is 41.9 Å². The van der Waals surface area contributed by atoms with Gasteiger partial charge in [0.2, 0.25) is 0 Å². The molecule has 134 valence electrons. The molecule has 2 rings (SSSR count). The molecule has 1 fully saturated rings. The summed E-state index contributed by atoms with van der Waals surface area (Å²) in [6.07, 6.45) is 7.74. The highest BCUT2D eigenvalue weighted by Crippen LogP contribution is 2.28. The van der Waals surface area contributed by atoms with Crippen molar-refractivity contribution >= 4 is 6.08 Å². The average molecular weight is 332 g/mol. The van der Waals surface area contributed by atoms with Crippen molar-refractivity contribution < 1.29 is 9.47 Å². The molecule has 0 radical (unpaired) electrons. The number of ether oxygens (including phenoxy) is 2. The molecule has 1 saturated heterocycles. The van der Waals surface area contributed by atoms with Crippen LogP contribution in [-0.4, -0.2) is 38.3 Å². The van der Waals surface area contributed by atoms with Crippen molar-refractivity contribution in [2.45, 2.75) is 40.0 Å². The Balaban J connectivity index is 1.72. The fraction of sp³-hybridized carbons (Fsp3) is 0.619. The average Bonchev–Trinajstić information content (AvgIpc) is 2.55. The molecule has 0 spiro atoms. The molecule has 0 unspecified atom stereocenters. The number of nitrogens with zero attached hydrogens (tertiary/aromatic N) is 1. The fourth-order valence-electron chi connectivity index (χ4n) is 3.69. The Morgan fingerprint density at radius 1 is 1.12 bits per heavy atom. The van der Waals surface area contributed by atoms with Gasteiger partial charge in [0.25, 0.3) is 0 Å². The Morgan fingerprint density at radius 3 is 2.54 bits per heavy atom. The summed E-state index contributed by atoms with van der Waals surface area (Å²) < 4.78 is 11.4. The van der Waals surface area contributed by atoms with Crippen LogP contribution in [0.1, 0.15) is 45.6 Å². The third-order valence-electron chi connectivity index (χ3n) is 4.62. The summed E-state index contributed by atoms with van der Waals surface area (Å²) in [5.74, 6) is 3.32. The predicted octanol–water partition coefficient (Wildman–Crippen LogP) is 4.87. The minimum atomic E-state index is 0.748. The van der Waals surface area contributed by atoms with E-state index in [-0.39, 0.29) is 0 Å². The highest BCUT2D eigenvalue weighted by atomic mass is 16.5. The lowest BCUT2D eigenvalue weighted by atomic mass is 9.92. The van der Waals surface area contributed by atoms with Crippen molar-refractivity contribution in [2.24, 2.45) is 11.8 Å². The molecule has 0 bridgehead atoms. The van der Waals surface area contributed by atoms with Crippen LogP contribution in [0.15, 0.2) is 24.3 Å². The summed E-state index contributed by atoms with van der Waals surface area (Å²) in [7, 11) is 1.69. The van der Waals surface area contributed by atoms with E-state index in [4.69, 9.17) is 9.47 Å². The first-order chi connectivity index (χ1) is 11.6. The van der Waals surface area contributed by atoms with Gasteiger partial charge in [0.15, 0.2) is 11.5 Å². The largest absolute Gasteiger partial charge is 0.493 e. The topological polar surface area (TPSA) is 21.7 Å². The summed E-state index contributed by atoms with van der Waals surface area (Å²) in [6.45, 7) is 11.2. The summed E-state index contributed by atoms with van der Waals surface area (Å²) in [5, 5.41) is 0. The Kier molecular flexibility index (Phi) is 7.64. The van der Waals surface area contributed by atoms with E-state index in [1.54, 1.807) is 7.11 Å². The van der Waals surface area contributed by atoms with Crippen molar-refractivity contribution in [2.75, 3.05) is 33.4 Å². The van der Waals surface area contributed by atoms with E-state index in [0.29, 0.717) is 0 Å². The van der Waals surface area contributed by atoms with Crippen LogP contribution in [0.3, 0.4) is 0 Å². The minimum absolute atomic E-state index is 0.748. The Hall–Kier alpha value is -1.48. The molecule has 0 aliphatic carbocycles. The standard InChI is InChI=1S/C21H33NO2/c1-5-8-19-9-10-20(21(14-19)23-4)24-12-7-6-11-22-15-17(2)13-18(3)16-22/h5,8-10,14,17-18H,6-7,11-13,15-16H2,1-4H3/b8-5+/t17-,18+. The van der Waals surface area contributed by atoms with Crippen LogP contribution in [-0.2, 0) is 0 Å². The van der Waals surface area contributed by atoms with Crippen molar-refractivity contribution in [3.63, 3.8) is 0 Å². The third kappa shape index (κ3) is 5.86. The zero-order chi connectivity index (χ0) is 17.4. The van der Waals surface area contributed by atoms with E-state index in [1.165, 1.54) is 32.5 Å². The van der Waals surface area contributed by atoms with Gasteiger partial charge in [-0.2, -0.15) is 0 Å². The van der Waals surface area contributed by atoms with E-state index >= 15 is 0 Å². The molecule has 3 heteroatoms. The van der Waals surface area contributed by atoms with Gasteiger partial charge in [-0.1, -0.05) is 32.1 Å². The third-order valence-corrected chi connectivity index (χ3v) is 4.62. The number of hydrogen-bond donors (Lipinski definition) is 0. The second kappa shape index (κ2) is 9.73. The van der Waals surface area contributed by atoms with E-state index in [2.05, 4.69) is 30.9 Å². The number of methoxy groups -OCH3 is 1. The van der Waals surface area contributed by atoms with Gasteiger partial charge in [0.1, 0.15) is 0 Å². The maximum Gasteiger partial charge on any atom is 0.161 e. The lowest BCUT2D eigenvalue weighted by molar-refractivity contribution is 0.136. The highest BCUT2D eigenvalue weighted by molar-refractivity contribution is 5.55. The zero-order valence-electron chi connectivity index (χ0n) is 15.8. The summed E-state index contributed by atoms with van der Waals surface area (Å²) in [4.78, 5) is 2.62. The van der Waals surface area contributed by atoms with Gasteiger partial charge >= 0.3 is 0 Å². The lowest BCUT2D eigenvalue weighted by Crippen LogP contribution is -2.39. The molecule has 2 atom stereocenters. The number of rotatable bonds is 8. The molecule has 0 saturated carbocycles. The van der Waals surface area contributed by atoms with Crippen molar-refractivity contribution in [3.8, 4) is 11.5 Å². The van der Waals surface area contributed by atoms with Crippen molar-refractivity contribution in [1.82, 2.24) is 4.90 Å². The first kappa shape index (κ1) is 18.9. The first-order valence-electron chi connectivity index (χ1n) is 9.28. The number of allylic oxidation sites excluding steroid dienone is 1. The van der Waals surface area contributed by atoms with Crippen LogP contribution >= 0.6 is 0 Å². The second-order valence-corrected chi connectivity index (χ2v) is 7.17. The molecule has 3 nitrogen and oxygen atoms in total. The van der Waals surface area contributed by atoms with Gasteiger partial charge in [0.05, 0.1) is 13.7 Å². The van der Waals surface area contributed by atoms with Crippen molar-refractivity contribution in [3.05, 3.63) is 29.8 Å². The molecule has 1 aliphatic heterocycles. The predicted molar refractivity (Wildman–Crippen MR) is 102 cm³/mol. The molecule has 1 aromatic rings. The van der Waals surface area contributed by atoms with Gasteiger partial charge in [-0.15, -0.1) is 0 Å².